The number of nitrogens with one attached hydrogen (secondary N) is 1. The van der Waals surface area contributed by atoms with E-state index in [1.54, 1.807) is 24.2 Å². The van der Waals surface area contributed by atoms with E-state index in [9.17, 15) is 0 Å². The third-order valence-electron chi connectivity index (χ3n) is 2.26. The van der Waals surface area contributed by atoms with Crippen molar-refractivity contribution in [1.82, 2.24) is 4.98 Å². The van der Waals surface area contributed by atoms with E-state index < -0.39 is 0 Å². The molecule has 0 atom stereocenters. The van der Waals surface area contributed by atoms with Gasteiger partial charge in [-0.2, -0.15) is 0 Å². The molecule has 2 nitrogen and oxygen atoms in total. The van der Waals surface area contributed by atoms with Gasteiger partial charge < -0.3 is 5.32 Å². The number of aromatic nitrogens is 1. The van der Waals surface area contributed by atoms with E-state index >= 15 is 0 Å². The molecule has 0 amide bonds. The molecule has 0 aliphatic heterocycles. The van der Waals surface area contributed by atoms with Crippen molar-refractivity contribution in [3.8, 4) is 0 Å². The Kier molecular flexibility index (Phi) is 6.48. The van der Waals surface area contributed by atoms with Crippen molar-refractivity contribution in [3.05, 3.63) is 50.1 Å². The van der Waals surface area contributed by atoms with Gasteiger partial charge in [-0.15, -0.1) is 11.8 Å². The number of benzene rings is 1. The molecule has 20 heavy (non-hydrogen) atoms. The van der Waals surface area contributed by atoms with Crippen LogP contribution in [0.4, 0.5) is 5.69 Å². The second-order valence-electron chi connectivity index (χ2n) is 3.78. The minimum absolute atomic E-state index is 0.697. The first-order chi connectivity index (χ1) is 9.56. The van der Waals surface area contributed by atoms with Crippen LogP contribution in [0, 0.1) is 0 Å². The van der Waals surface area contributed by atoms with Gasteiger partial charge in [0.15, 0.2) is 0 Å². The maximum absolute atomic E-state index is 5.35. The summed E-state index contributed by atoms with van der Waals surface area (Å²) in [4.78, 5) is 5.94. The quantitative estimate of drug-likeness (QED) is 0.420. The van der Waals surface area contributed by atoms with Gasteiger partial charge >= 0.3 is 0 Å². The number of anilines is 1. The number of thiocarbonyl (C=S) groups is 1. The van der Waals surface area contributed by atoms with E-state index in [2.05, 4.69) is 58.1 Å². The van der Waals surface area contributed by atoms with Crippen molar-refractivity contribution in [3.63, 3.8) is 0 Å². The van der Waals surface area contributed by atoms with Crippen molar-refractivity contribution in [2.45, 2.75) is 4.90 Å². The number of rotatable bonds is 4. The Morgan fingerprint density at radius 2 is 1.95 bits per heavy atom. The van der Waals surface area contributed by atoms with Gasteiger partial charge in [0, 0.05) is 30.3 Å². The van der Waals surface area contributed by atoms with Crippen LogP contribution in [0.3, 0.4) is 0 Å². The van der Waals surface area contributed by atoms with Gasteiger partial charge in [0.1, 0.15) is 0 Å². The highest BCUT2D eigenvalue weighted by Crippen LogP contribution is 2.37. The summed E-state index contributed by atoms with van der Waals surface area (Å²) in [5.41, 5.74) is 0.909. The van der Waals surface area contributed by atoms with Crippen LogP contribution in [0.5, 0.6) is 0 Å². The van der Waals surface area contributed by atoms with Crippen LogP contribution in [-0.4, -0.2) is 15.7 Å². The van der Waals surface area contributed by atoms with Crippen LogP contribution in [-0.2, 0) is 0 Å². The highest BCUT2D eigenvalue weighted by molar-refractivity contribution is 9.11. The molecule has 2 rings (SSSR count). The largest absolute Gasteiger partial charge is 0.348 e. The fourth-order valence-corrected chi connectivity index (χ4v) is 5.42. The monoisotopic (exact) mass is 494 g/mol. The summed E-state index contributed by atoms with van der Waals surface area (Å²) < 4.78 is 3.09. The molecule has 2 aromatic rings. The SMILES string of the molecule is S=C(CSc1c(Br)cc(Br)cc1Br)Nc1cccnc1. The van der Waals surface area contributed by atoms with Gasteiger partial charge in [-0.05, 0) is 56.1 Å². The summed E-state index contributed by atoms with van der Waals surface area (Å²) in [6, 6.07) is 7.85. The Balaban J connectivity index is 1.97. The number of hydrogen-bond acceptors (Lipinski definition) is 3. The molecule has 1 aromatic heterocycles. The molecule has 0 unspecified atom stereocenters. The first-order valence-electron chi connectivity index (χ1n) is 5.53. The number of halogens is 3. The fourth-order valence-electron chi connectivity index (χ4n) is 1.44. The van der Waals surface area contributed by atoms with Gasteiger partial charge in [-0.3, -0.25) is 4.98 Å². The van der Waals surface area contributed by atoms with Crippen LogP contribution in [0.2, 0.25) is 0 Å². The number of nitrogens with zero attached hydrogens (tertiary/aromatic N) is 1. The highest BCUT2D eigenvalue weighted by Gasteiger charge is 2.09. The Bertz CT molecular complexity index is 597. The number of hydrogen-bond donors (Lipinski definition) is 1. The second kappa shape index (κ2) is 7.89. The number of thioether (sulfide) groups is 1. The molecule has 1 heterocycles. The lowest BCUT2D eigenvalue weighted by Crippen LogP contribution is -2.11. The zero-order valence-corrected chi connectivity index (χ0v) is 16.5. The molecule has 0 fully saturated rings. The van der Waals surface area contributed by atoms with E-state index in [1.165, 1.54) is 0 Å². The zero-order valence-electron chi connectivity index (χ0n) is 10.1. The minimum atomic E-state index is 0.697. The van der Waals surface area contributed by atoms with Crippen LogP contribution in [0.1, 0.15) is 0 Å². The van der Waals surface area contributed by atoms with Gasteiger partial charge in [0.25, 0.3) is 0 Å². The summed E-state index contributed by atoms with van der Waals surface area (Å²) in [7, 11) is 0. The third-order valence-corrected chi connectivity index (χ3v) is 6.08. The van der Waals surface area contributed by atoms with Crippen molar-refractivity contribution >= 4 is 82.4 Å². The molecule has 0 spiro atoms. The van der Waals surface area contributed by atoms with Gasteiger partial charge in [0.2, 0.25) is 0 Å². The molecule has 0 radical (unpaired) electrons. The predicted molar refractivity (Wildman–Crippen MR) is 101 cm³/mol. The molecule has 7 heteroatoms. The summed E-state index contributed by atoms with van der Waals surface area (Å²) >= 11 is 17.6. The summed E-state index contributed by atoms with van der Waals surface area (Å²) in [6.07, 6.45) is 3.49. The molecule has 0 saturated heterocycles. The first-order valence-corrected chi connectivity index (χ1v) is 9.31. The Morgan fingerprint density at radius 3 is 2.55 bits per heavy atom. The van der Waals surface area contributed by atoms with E-state index in [0.29, 0.717) is 5.75 Å². The third kappa shape index (κ3) is 4.80. The van der Waals surface area contributed by atoms with E-state index in [-0.39, 0.29) is 0 Å². The van der Waals surface area contributed by atoms with Crippen LogP contribution in [0.25, 0.3) is 0 Å². The van der Waals surface area contributed by atoms with Crippen molar-refractivity contribution < 1.29 is 0 Å². The van der Waals surface area contributed by atoms with Crippen LogP contribution < -0.4 is 5.32 Å². The van der Waals surface area contributed by atoms with E-state index in [4.69, 9.17) is 12.2 Å². The maximum Gasteiger partial charge on any atom is 0.0901 e. The van der Waals surface area contributed by atoms with Crippen molar-refractivity contribution in [2.24, 2.45) is 0 Å². The Morgan fingerprint density at radius 1 is 1.25 bits per heavy atom. The molecule has 104 valence electrons. The average molecular weight is 497 g/mol. The molecule has 0 saturated carbocycles. The molecule has 1 aromatic carbocycles. The Labute approximate surface area is 152 Å². The molecule has 0 aliphatic carbocycles. The van der Waals surface area contributed by atoms with Crippen molar-refractivity contribution in [1.29, 1.82) is 0 Å². The summed E-state index contributed by atoms with van der Waals surface area (Å²) in [5.74, 6) is 0.697. The van der Waals surface area contributed by atoms with Gasteiger partial charge in [-0.1, -0.05) is 28.1 Å². The first kappa shape index (κ1) is 16.4. The summed E-state index contributed by atoms with van der Waals surface area (Å²) in [5, 5.41) is 3.17. The zero-order chi connectivity index (χ0) is 14.5. The molecule has 0 aliphatic rings. The summed E-state index contributed by atoms with van der Waals surface area (Å²) in [6.45, 7) is 0. The lowest BCUT2D eigenvalue weighted by molar-refractivity contribution is 1.33. The predicted octanol–water partition coefficient (Wildman–Crippen LogP) is 5.90. The van der Waals surface area contributed by atoms with E-state index in [0.717, 1.165) is 29.0 Å². The topological polar surface area (TPSA) is 24.9 Å². The van der Waals surface area contributed by atoms with Gasteiger partial charge in [-0.25, -0.2) is 0 Å². The molecular formula is C13H9Br3N2S2. The van der Waals surface area contributed by atoms with Crippen LogP contribution >= 0.6 is 71.8 Å². The maximum atomic E-state index is 5.35. The Hall–Kier alpha value is 0.0500. The minimum Gasteiger partial charge on any atom is -0.348 e. The highest BCUT2D eigenvalue weighted by atomic mass is 79.9. The average Bonchev–Trinajstić information content (AvgIpc) is 2.38. The second-order valence-corrected chi connectivity index (χ2v) is 7.88. The fraction of sp³-hybridized carbons (Fsp3) is 0.0769. The molecule has 1 N–H and O–H groups in total. The lowest BCUT2D eigenvalue weighted by Gasteiger charge is -2.10. The van der Waals surface area contributed by atoms with Gasteiger partial charge in [0.05, 0.1) is 16.9 Å². The lowest BCUT2D eigenvalue weighted by atomic mass is 10.4. The molecule has 0 bridgehead atoms. The number of pyridine rings is 1. The smallest absolute Gasteiger partial charge is 0.0901 e. The van der Waals surface area contributed by atoms with E-state index in [1.807, 2.05) is 24.3 Å². The normalized spacial score (nSPS) is 10.3. The standard InChI is InChI=1S/C13H9Br3N2S2/c14-8-4-10(15)13(11(16)5-8)20-7-12(19)18-9-2-1-3-17-6-9/h1-6H,7H2,(H,18,19). The van der Waals surface area contributed by atoms with Crippen molar-refractivity contribution in [2.75, 3.05) is 11.1 Å². The molecular weight excluding hydrogens is 488 g/mol. The van der Waals surface area contributed by atoms with Crippen LogP contribution in [0.15, 0.2) is 55.0 Å².